The zero-order chi connectivity index (χ0) is 10.7. The summed E-state index contributed by atoms with van der Waals surface area (Å²) in [4.78, 5) is 0. The molecule has 0 spiro atoms. The fourth-order valence-corrected chi connectivity index (χ4v) is 1.71. The van der Waals surface area contributed by atoms with Crippen molar-refractivity contribution in [2.75, 3.05) is 0 Å². The molecule has 78 valence electrons. The van der Waals surface area contributed by atoms with E-state index in [4.69, 9.17) is 0 Å². The Bertz CT molecular complexity index is 385. The van der Waals surface area contributed by atoms with E-state index >= 15 is 0 Å². The summed E-state index contributed by atoms with van der Waals surface area (Å²) in [6.45, 7) is 1.61. The lowest BCUT2D eigenvalue weighted by atomic mass is 9.93. The van der Waals surface area contributed by atoms with Gasteiger partial charge < -0.3 is 0 Å². The summed E-state index contributed by atoms with van der Waals surface area (Å²) in [6.07, 6.45) is 6.94. The van der Waals surface area contributed by atoms with Crippen LogP contribution in [0.1, 0.15) is 18.9 Å². The first-order chi connectivity index (χ1) is 7.16. The second kappa shape index (κ2) is 4.01. The van der Waals surface area contributed by atoms with Crippen molar-refractivity contribution in [3.63, 3.8) is 0 Å². The van der Waals surface area contributed by atoms with Gasteiger partial charge in [0.15, 0.2) is 0 Å². The zero-order valence-electron chi connectivity index (χ0n) is 8.91. The molecular formula is C14H15F. The van der Waals surface area contributed by atoms with E-state index < -0.39 is 5.67 Å². The van der Waals surface area contributed by atoms with E-state index in [9.17, 15) is 4.39 Å². The van der Waals surface area contributed by atoms with Crippen LogP contribution in [-0.2, 0) is 6.42 Å². The molecule has 0 aliphatic heterocycles. The normalized spacial score (nSPS) is 25.1. The van der Waals surface area contributed by atoms with E-state index in [2.05, 4.69) is 12.1 Å². The van der Waals surface area contributed by atoms with E-state index in [0.29, 0.717) is 6.42 Å². The van der Waals surface area contributed by atoms with Crippen molar-refractivity contribution >= 4 is 0 Å². The summed E-state index contributed by atoms with van der Waals surface area (Å²) >= 11 is 0. The minimum atomic E-state index is -1.15. The summed E-state index contributed by atoms with van der Waals surface area (Å²) in [5.41, 5.74) is 1.33. The fraction of sp³-hybridized carbons (Fsp3) is 0.286. The molecule has 1 aliphatic carbocycles. The number of hydrogen-bond donors (Lipinski definition) is 0. The van der Waals surface area contributed by atoms with Crippen LogP contribution >= 0.6 is 0 Å². The Morgan fingerprint density at radius 2 is 2.00 bits per heavy atom. The smallest absolute Gasteiger partial charge is 0.130 e. The van der Waals surface area contributed by atoms with Crippen LogP contribution in [0, 0.1) is 0 Å². The number of halogens is 1. The zero-order valence-corrected chi connectivity index (χ0v) is 8.91. The van der Waals surface area contributed by atoms with Gasteiger partial charge in [0.25, 0.3) is 0 Å². The van der Waals surface area contributed by atoms with E-state index in [0.717, 1.165) is 6.42 Å². The molecule has 1 aromatic rings. The molecule has 1 unspecified atom stereocenters. The summed E-state index contributed by atoms with van der Waals surface area (Å²) in [5, 5.41) is 0. The van der Waals surface area contributed by atoms with E-state index in [-0.39, 0.29) is 0 Å². The lowest BCUT2D eigenvalue weighted by Crippen LogP contribution is -2.15. The van der Waals surface area contributed by atoms with Crippen LogP contribution in [0.3, 0.4) is 0 Å². The maximum absolute atomic E-state index is 13.5. The fourth-order valence-electron chi connectivity index (χ4n) is 1.71. The average Bonchev–Trinajstić information content (AvgIpc) is 2.23. The molecule has 1 aromatic carbocycles. The Hall–Kier alpha value is -1.37. The third kappa shape index (κ3) is 2.79. The van der Waals surface area contributed by atoms with Gasteiger partial charge in [-0.2, -0.15) is 0 Å². The predicted octanol–water partition coefficient (Wildman–Crippen LogP) is 3.84. The molecule has 0 saturated heterocycles. The maximum Gasteiger partial charge on any atom is 0.130 e. The van der Waals surface area contributed by atoms with Crippen LogP contribution in [0.15, 0.2) is 54.1 Å². The third-order valence-corrected chi connectivity index (χ3v) is 2.66. The second-order valence-electron chi connectivity index (χ2n) is 4.26. The van der Waals surface area contributed by atoms with Gasteiger partial charge in [-0.25, -0.2) is 4.39 Å². The minimum Gasteiger partial charge on any atom is -0.239 e. The van der Waals surface area contributed by atoms with Crippen molar-refractivity contribution in [3.05, 3.63) is 59.7 Å². The number of alkyl halides is 1. The third-order valence-electron chi connectivity index (χ3n) is 2.66. The summed E-state index contributed by atoms with van der Waals surface area (Å²) in [5.74, 6) is 0. The standard InChI is InChI=1S/C14H15F/c1-14(15)9-7-13(8-10-14)11-12-5-3-2-4-6-12/h2-9H,10-11H2,1H3. The molecule has 1 atom stereocenters. The Morgan fingerprint density at radius 3 is 2.60 bits per heavy atom. The Balaban J connectivity index is 2.04. The molecule has 0 aromatic heterocycles. The molecule has 0 N–H and O–H groups in total. The maximum atomic E-state index is 13.5. The highest BCUT2D eigenvalue weighted by Gasteiger charge is 2.20. The van der Waals surface area contributed by atoms with Crippen LogP contribution in [0.4, 0.5) is 4.39 Å². The monoisotopic (exact) mass is 202 g/mol. The molecule has 0 bridgehead atoms. The van der Waals surface area contributed by atoms with Gasteiger partial charge in [-0.1, -0.05) is 42.5 Å². The van der Waals surface area contributed by atoms with Crippen LogP contribution in [0.5, 0.6) is 0 Å². The Kier molecular flexibility index (Phi) is 2.72. The van der Waals surface area contributed by atoms with Crippen LogP contribution in [0.2, 0.25) is 0 Å². The molecule has 2 rings (SSSR count). The number of rotatable bonds is 2. The van der Waals surface area contributed by atoms with Gasteiger partial charge in [0.1, 0.15) is 5.67 Å². The van der Waals surface area contributed by atoms with E-state index in [1.165, 1.54) is 11.1 Å². The second-order valence-corrected chi connectivity index (χ2v) is 4.26. The number of hydrogen-bond acceptors (Lipinski definition) is 0. The number of allylic oxidation sites excluding steroid dienone is 4. The van der Waals surface area contributed by atoms with Gasteiger partial charge in [-0.05, 0) is 30.6 Å². The van der Waals surface area contributed by atoms with Gasteiger partial charge in [0.2, 0.25) is 0 Å². The molecule has 1 heteroatoms. The predicted molar refractivity (Wildman–Crippen MR) is 61.5 cm³/mol. The first-order valence-corrected chi connectivity index (χ1v) is 5.27. The van der Waals surface area contributed by atoms with Crippen LogP contribution < -0.4 is 0 Å². The summed E-state index contributed by atoms with van der Waals surface area (Å²) < 4.78 is 13.5. The van der Waals surface area contributed by atoms with E-state index in [1.54, 1.807) is 13.0 Å². The van der Waals surface area contributed by atoms with Gasteiger partial charge in [-0.15, -0.1) is 0 Å². The van der Waals surface area contributed by atoms with Crippen molar-refractivity contribution in [2.45, 2.75) is 25.4 Å². The highest BCUT2D eigenvalue weighted by molar-refractivity contribution is 5.32. The van der Waals surface area contributed by atoms with Crippen LogP contribution in [0.25, 0.3) is 0 Å². The van der Waals surface area contributed by atoms with Gasteiger partial charge in [0.05, 0.1) is 0 Å². The molecule has 0 heterocycles. The van der Waals surface area contributed by atoms with Crippen LogP contribution in [-0.4, -0.2) is 5.67 Å². The molecule has 0 fully saturated rings. The minimum absolute atomic E-state index is 0.492. The summed E-state index contributed by atoms with van der Waals surface area (Å²) in [6, 6.07) is 10.3. The largest absolute Gasteiger partial charge is 0.239 e. The SMILES string of the molecule is CC1(F)C=CC(Cc2ccccc2)=CC1. The first kappa shape index (κ1) is 10.2. The molecule has 0 amide bonds. The highest BCUT2D eigenvalue weighted by atomic mass is 19.1. The Labute approximate surface area is 90.1 Å². The molecule has 15 heavy (non-hydrogen) atoms. The molecule has 0 saturated carbocycles. The van der Waals surface area contributed by atoms with Crippen molar-refractivity contribution in [1.82, 2.24) is 0 Å². The Morgan fingerprint density at radius 1 is 1.27 bits per heavy atom. The van der Waals surface area contributed by atoms with Gasteiger partial charge in [-0.3, -0.25) is 0 Å². The molecule has 1 aliphatic rings. The van der Waals surface area contributed by atoms with Crippen molar-refractivity contribution in [2.24, 2.45) is 0 Å². The van der Waals surface area contributed by atoms with Gasteiger partial charge in [0, 0.05) is 6.42 Å². The number of benzene rings is 1. The molecular weight excluding hydrogens is 187 g/mol. The quantitative estimate of drug-likeness (QED) is 0.683. The topological polar surface area (TPSA) is 0 Å². The average molecular weight is 202 g/mol. The lowest BCUT2D eigenvalue weighted by molar-refractivity contribution is 0.258. The molecule has 0 radical (unpaired) electrons. The van der Waals surface area contributed by atoms with Gasteiger partial charge >= 0.3 is 0 Å². The van der Waals surface area contributed by atoms with Crippen molar-refractivity contribution in [1.29, 1.82) is 0 Å². The first-order valence-electron chi connectivity index (χ1n) is 5.27. The van der Waals surface area contributed by atoms with Crippen molar-refractivity contribution in [3.8, 4) is 0 Å². The molecule has 0 nitrogen and oxygen atoms in total. The van der Waals surface area contributed by atoms with E-state index in [1.807, 2.05) is 30.4 Å². The van der Waals surface area contributed by atoms with Crippen molar-refractivity contribution < 1.29 is 4.39 Å². The lowest BCUT2D eigenvalue weighted by Gasteiger charge is -2.18. The summed E-state index contributed by atoms with van der Waals surface area (Å²) in [7, 11) is 0. The highest BCUT2D eigenvalue weighted by Crippen LogP contribution is 2.25.